The minimum atomic E-state index is -5.68. The van der Waals surface area contributed by atoms with Crippen LogP contribution in [0.4, 0.5) is 22.0 Å². The number of methoxy groups -OCH3 is 2. The third-order valence-corrected chi connectivity index (χ3v) is 4.30. The first-order chi connectivity index (χ1) is 9.07. The number of benzene rings is 1. The van der Waals surface area contributed by atoms with Crippen molar-refractivity contribution in [2.75, 3.05) is 14.2 Å². The van der Waals surface area contributed by atoms with Gasteiger partial charge in [-0.1, -0.05) is 22.0 Å². The Labute approximate surface area is 128 Å². The lowest BCUT2D eigenvalue weighted by Gasteiger charge is -2.26. The number of alkyl halides is 6. The van der Waals surface area contributed by atoms with Crippen molar-refractivity contribution in [2.24, 2.45) is 0 Å². The van der Waals surface area contributed by atoms with E-state index in [2.05, 4.69) is 31.9 Å². The van der Waals surface area contributed by atoms with E-state index in [1.165, 1.54) is 13.2 Å². The van der Waals surface area contributed by atoms with Gasteiger partial charge in [0.2, 0.25) is 0 Å². The van der Waals surface area contributed by atoms with Crippen LogP contribution in [0.2, 0.25) is 0 Å². The molecular formula is C11H9Br2F5O2. The van der Waals surface area contributed by atoms with Gasteiger partial charge >= 0.3 is 12.1 Å². The zero-order valence-electron chi connectivity index (χ0n) is 10.2. The van der Waals surface area contributed by atoms with Crippen LogP contribution in [0.5, 0.6) is 11.5 Å². The topological polar surface area (TPSA) is 18.5 Å². The van der Waals surface area contributed by atoms with Crippen molar-refractivity contribution in [3.63, 3.8) is 0 Å². The molecule has 0 N–H and O–H groups in total. The minimum absolute atomic E-state index is 0.155. The van der Waals surface area contributed by atoms with Gasteiger partial charge in [-0.15, -0.1) is 0 Å². The standard InChI is InChI=1S/C11H9Br2F5O2/c1-19-6-4-3-5(8(20-2)7(6)12)9(13)10(14,15)11(16,17)18/h3-4,9H,1-2H3. The number of ether oxygens (including phenoxy) is 2. The molecule has 0 aliphatic carbocycles. The van der Waals surface area contributed by atoms with Crippen LogP contribution in [-0.4, -0.2) is 26.3 Å². The van der Waals surface area contributed by atoms with Gasteiger partial charge in [-0.3, -0.25) is 0 Å². The Balaban J connectivity index is 3.37. The van der Waals surface area contributed by atoms with E-state index in [9.17, 15) is 22.0 Å². The minimum Gasteiger partial charge on any atom is -0.495 e. The van der Waals surface area contributed by atoms with E-state index < -0.39 is 16.9 Å². The molecule has 0 fully saturated rings. The molecule has 0 saturated heterocycles. The predicted molar refractivity (Wildman–Crippen MR) is 69.9 cm³/mol. The summed E-state index contributed by atoms with van der Waals surface area (Å²) in [6.07, 6.45) is -5.68. The zero-order chi connectivity index (χ0) is 15.7. The largest absolute Gasteiger partial charge is 0.495 e. The summed E-state index contributed by atoms with van der Waals surface area (Å²) in [4.78, 5) is -2.29. The quantitative estimate of drug-likeness (QED) is 0.491. The van der Waals surface area contributed by atoms with Crippen LogP contribution >= 0.6 is 31.9 Å². The maximum Gasteiger partial charge on any atom is 0.454 e. The lowest BCUT2D eigenvalue weighted by atomic mass is 10.1. The molecule has 0 saturated carbocycles. The van der Waals surface area contributed by atoms with E-state index in [-0.39, 0.29) is 21.5 Å². The highest BCUT2D eigenvalue weighted by atomic mass is 79.9. The molecule has 0 aromatic heterocycles. The van der Waals surface area contributed by atoms with E-state index in [0.29, 0.717) is 0 Å². The van der Waals surface area contributed by atoms with E-state index in [4.69, 9.17) is 9.47 Å². The molecule has 114 valence electrons. The lowest BCUT2D eigenvalue weighted by Crippen LogP contribution is -2.40. The Morgan fingerprint density at radius 1 is 1.05 bits per heavy atom. The monoisotopic (exact) mass is 426 g/mol. The first kappa shape index (κ1) is 17.5. The van der Waals surface area contributed by atoms with Crippen LogP contribution in [0.3, 0.4) is 0 Å². The highest BCUT2D eigenvalue weighted by Crippen LogP contribution is 2.52. The van der Waals surface area contributed by atoms with E-state index >= 15 is 0 Å². The molecule has 0 amide bonds. The second kappa shape index (κ2) is 6.05. The molecule has 1 aromatic carbocycles. The summed E-state index contributed by atoms with van der Waals surface area (Å²) in [5, 5.41) is 0. The van der Waals surface area contributed by atoms with Crippen LogP contribution in [0.25, 0.3) is 0 Å². The van der Waals surface area contributed by atoms with Crippen molar-refractivity contribution in [1.29, 1.82) is 0 Å². The fourth-order valence-corrected chi connectivity index (χ4v) is 2.76. The molecule has 2 nitrogen and oxygen atoms in total. The van der Waals surface area contributed by atoms with Crippen molar-refractivity contribution in [1.82, 2.24) is 0 Å². The lowest BCUT2D eigenvalue weighted by molar-refractivity contribution is -0.281. The Morgan fingerprint density at radius 3 is 2.00 bits per heavy atom. The Kier molecular flexibility index (Phi) is 5.29. The van der Waals surface area contributed by atoms with E-state index in [1.54, 1.807) is 0 Å². The van der Waals surface area contributed by atoms with Crippen molar-refractivity contribution >= 4 is 31.9 Å². The number of rotatable bonds is 4. The first-order valence-corrected chi connectivity index (χ1v) is 6.77. The average Bonchev–Trinajstić information content (AvgIpc) is 2.36. The molecule has 0 aliphatic heterocycles. The summed E-state index contributed by atoms with van der Waals surface area (Å²) < 4.78 is 73.9. The third kappa shape index (κ3) is 3.03. The molecule has 1 rings (SSSR count). The van der Waals surface area contributed by atoms with Crippen molar-refractivity contribution in [3.8, 4) is 11.5 Å². The second-order valence-electron chi connectivity index (χ2n) is 3.69. The molecule has 9 heteroatoms. The van der Waals surface area contributed by atoms with Gasteiger partial charge in [-0.2, -0.15) is 22.0 Å². The Bertz CT molecular complexity index is 490. The summed E-state index contributed by atoms with van der Waals surface area (Å²) in [7, 11) is 2.49. The fraction of sp³-hybridized carbons (Fsp3) is 0.455. The van der Waals surface area contributed by atoms with Gasteiger partial charge in [-0.05, 0) is 22.0 Å². The number of hydrogen-bond donors (Lipinski definition) is 0. The first-order valence-electron chi connectivity index (χ1n) is 5.06. The molecule has 1 atom stereocenters. The Morgan fingerprint density at radius 2 is 1.60 bits per heavy atom. The summed E-state index contributed by atoms with van der Waals surface area (Å²) in [5.74, 6) is -4.86. The summed E-state index contributed by atoms with van der Waals surface area (Å²) in [6.45, 7) is 0. The highest BCUT2D eigenvalue weighted by molar-refractivity contribution is 9.10. The van der Waals surface area contributed by atoms with Gasteiger partial charge in [0.1, 0.15) is 20.8 Å². The molecule has 0 aliphatic rings. The predicted octanol–water partition coefficient (Wildman–Crippen LogP) is 5.10. The molecule has 1 unspecified atom stereocenters. The van der Waals surface area contributed by atoms with Crippen molar-refractivity contribution in [3.05, 3.63) is 22.2 Å². The zero-order valence-corrected chi connectivity index (χ0v) is 13.4. The molecule has 1 aromatic rings. The van der Waals surface area contributed by atoms with E-state index in [1.807, 2.05) is 0 Å². The molecule has 0 bridgehead atoms. The average molecular weight is 428 g/mol. The highest BCUT2D eigenvalue weighted by Gasteiger charge is 2.62. The molecule has 20 heavy (non-hydrogen) atoms. The molecular weight excluding hydrogens is 419 g/mol. The Hall–Kier alpha value is -0.570. The van der Waals surface area contributed by atoms with Gasteiger partial charge in [0.05, 0.1) is 14.2 Å². The SMILES string of the molecule is COc1ccc(C(Br)C(F)(F)C(F)(F)F)c(OC)c1Br. The summed E-state index contributed by atoms with van der Waals surface area (Å²) in [5.41, 5.74) is -0.345. The summed E-state index contributed by atoms with van der Waals surface area (Å²) in [6, 6.07) is 2.35. The maximum atomic E-state index is 13.4. The van der Waals surface area contributed by atoms with Gasteiger partial charge in [0.25, 0.3) is 0 Å². The van der Waals surface area contributed by atoms with Gasteiger partial charge in [-0.25, -0.2) is 0 Å². The normalized spacial score (nSPS) is 14.1. The third-order valence-electron chi connectivity index (χ3n) is 2.49. The number of halogens is 7. The van der Waals surface area contributed by atoms with Crippen LogP contribution in [0, 0.1) is 0 Å². The maximum absolute atomic E-state index is 13.4. The fourth-order valence-electron chi connectivity index (χ4n) is 1.46. The van der Waals surface area contributed by atoms with Gasteiger partial charge in [0.15, 0.2) is 0 Å². The van der Waals surface area contributed by atoms with Crippen molar-refractivity contribution in [2.45, 2.75) is 16.9 Å². The van der Waals surface area contributed by atoms with Crippen LogP contribution in [-0.2, 0) is 0 Å². The number of hydrogen-bond acceptors (Lipinski definition) is 2. The van der Waals surface area contributed by atoms with Crippen LogP contribution in [0.1, 0.15) is 10.4 Å². The van der Waals surface area contributed by atoms with Gasteiger partial charge in [0, 0.05) is 5.56 Å². The van der Waals surface area contributed by atoms with Crippen LogP contribution < -0.4 is 9.47 Å². The van der Waals surface area contributed by atoms with E-state index in [0.717, 1.165) is 13.2 Å². The smallest absolute Gasteiger partial charge is 0.454 e. The second-order valence-corrected chi connectivity index (χ2v) is 5.40. The van der Waals surface area contributed by atoms with Crippen LogP contribution in [0.15, 0.2) is 16.6 Å². The molecule has 0 spiro atoms. The molecule has 0 heterocycles. The summed E-state index contributed by atoms with van der Waals surface area (Å²) >= 11 is 5.44. The van der Waals surface area contributed by atoms with Crippen molar-refractivity contribution < 1.29 is 31.4 Å². The molecule has 0 radical (unpaired) electrons. The van der Waals surface area contributed by atoms with Gasteiger partial charge < -0.3 is 9.47 Å².